The van der Waals surface area contributed by atoms with Gasteiger partial charge in [0, 0.05) is 11.6 Å². The third kappa shape index (κ3) is 5.13. The van der Waals surface area contributed by atoms with Crippen LogP contribution in [0.3, 0.4) is 0 Å². The summed E-state index contributed by atoms with van der Waals surface area (Å²) < 4.78 is 4.90. The Hall–Kier alpha value is -2.89. The second-order valence-corrected chi connectivity index (χ2v) is 7.11. The number of phenols is 1. The van der Waals surface area contributed by atoms with Gasteiger partial charge in [-0.3, -0.25) is 10.1 Å². The van der Waals surface area contributed by atoms with Crippen molar-refractivity contribution in [2.45, 2.75) is 58.8 Å². The Morgan fingerprint density at radius 1 is 1.07 bits per heavy atom. The molecule has 156 valence electrons. The van der Waals surface area contributed by atoms with Crippen molar-refractivity contribution in [3.05, 3.63) is 57.1 Å². The largest absolute Gasteiger partial charge is 0.507 e. The van der Waals surface area contributed by atoms with Crippen molar-refractivity contribution in [2.75, 3.05) is 7.11 Å². The van der Waals surface area contributed by atoms with Crippen LogP contribution in [0.4, 0.5) is 5.69 Å². The first-order valence-electron chi connectivity index (χ1n) is 10.2. The van der Waals surface area contributed by atoms with Crippen LogP contribution < -0.4 is 0 Å². The molecule has 0 aliphatic rings. The van der Waals surface area contributed by atoms with Gasteiger partial charge in [-0.15, -0.1) is 0 Å². The van der Waals surface area contributed by atoms with Gasteiger partial charge >= 0.3 is 5.97 Å². The van der Waals surface area contributed by atoms with E-state index in [2.05, 4.69) is 6.92 Å². The van der Waals surface area contributed by atoms with Crippen LogP contribution in [0.15, 0.2) is 30.3 Å². The Morgan fingerprint density at radius 3 is 2.41 bits per heavy atom. The first-order chi connectivity index (χ1) is 14.0. The van der Waals surface area contributed by atoms with E-state index >= 15 is 0 Å². The molecule has 29 heavy (non-hydrogen) atoms. The number of para-hydroxylation sites is 1. The van der Waals surface area contributed by atoms with E-state index in [1.165, 1.54) is 13.2 Å². The van der Waals surface area contributed by atoms with Gasteiger partial charge in [0.05, 0.1) is 17.6 Å². The molecule has 0 spiro atoms. The molecule has 6 nitrogen and oxygen atoms in total. The van der Waals surface area contributed by atoms with Crippen molar-refractivity contribution in [1.82, 2.24) is 0 Å². The quantitative estimate of drug-likeness (QED) is 0.235. The number of nitrogens with zero attached hydrogens (tertiary/aromatic N) is 1. The first kappa shape index (κ1) is 22.4. The average molecular weight is 399 g/mol. The Bertz CT molecular complexity index is 876. The molecule has 6 heteroatoms. The lowest BCUT2D eigenvalue weighted by Crippen LogP contribution is -2.09. The summed E-state index contributed by atoms with van der Waals surface area (Å²) in [6, 6.07) is 8.08. The molecule has 0 atom stereocenters. The summed E-state index contributed by atoms with van der Waals surface area (Å²) in [6.45, 7) is 4.15. The second kappa shape index (κ2) is 10.6. The summed E-state index contributed by atoms with van der Waals surface area (Å²) in [7, 11) is 1.24. The van der Waals surface area contributed by atoms with Crippen molar-refractivity contribution in [3.8, 4) is 16.9 Å². The fourth-order valence-corrected chi connectivity index (χ4v) is 3.64. The summed E-state index contributed by atoms with van der Waals surface area (Å²) in [6.07, 6.45) is 6.46. The van der Waals surface area contributed by atoms with Gasteiger partial charge in [-0.1, -0.05) is 51.7 Å². The van der Waals surface area contributed by atoms with Gasteiger partial charge in [-0.25, -0.2) is 4.79 Å². The molecule has 0 bridgehead atoms. The van der Waals surface area contributed by atoms with Crippen LogP contribution in [0.2, 0.25) is 0 Å². The maximum Gasteiger partial charge on any atom is 0.342 e. The smallest absolute Gasteiger partial charge is 0.342 e. The van der Waals surface area contributed by atoms with Gasteiger partial charge < -0.3 is 9.84 Å². The Labute approximate surface area is 171 Å². The van der Waals surface area contributed by atoms with E-state index < -0.39 is 10.9 Å². The molecule has 0 aliphatic heterocycles. The lowest BCUT2D eigenvalue weighted by molar-refractivity contribution is -0.384. The minimum Gasteiger partial charge on any atom is -0.507 e. The lowest BCUT2D eigenvalue weighted by Gasteiger charge is -2.18. The SMILES string of the molecule is CCCCCCc1cc(-c2ccccc2[N+](=O)[O-])c(C(=O)OC)c(O)c1CCC. The number of nitro benzene ring substituents is 1. The minimum atomic E-state index is -0.703. The molecule has 0 unspecified atom stereocenters. The van der Waals surface area contributed by atoms with Crippen LogP contribution in [0.25, 0.3) is 11.1 Å². The Balaban J connectivity index is 2.72. The zero-order valence-corrected chi connectivity index (χ0v) is 17.4. The highest BCUT2D eigenvalue weighted by Gasteiger charge is 2.27. The number of ether oxygens (including phenoxy) is 1. The summed E-state index contributed by atoms with van der Waals surface area (Å²) in [5.41, 5.74) is 2.17. The van der Waals surface area contributed by atoms with Crippen molar-refractivity contribution < 1.29 is 19.6 Å². The van der Waals surface area contributed by atoms with Crippen molar-refractivity contribution in [2.24, 2.45) is 0 Å². The van der Waals surface area contributed by atoms with E-state index in [1.807, 2.05) is 13.0 Å². The Morgan fingerprint density at radius 2 is 1.79 bits per heavy atom. The number of phenolic OH excluding ortho intramolecular Hbond substituents is 1. The van der Waals surface area contributed by atoms with E-state index in [4.69, 9.17) is 4.74 Å². The molecule has 2 aromatic rings. The number of rotatable bonds is 10. The molecule has 0 radical (unpaired) electrons. The maximum absolute atomic E-state index is 12.5. The normalized spacial score (nSPS) is 10.7. The van der Waals surface area contributed by atoms with Gasteiger partial charge in [0.2, 0.25) is 0 Å². The summed E-state index contributed by atoms with van der Waals surface area (Å²) >= 11 is 0. The molecule has 0 aliphatic carbocycles. The zero-order valence-electron chi connectivity index (χ0n) is 17.4. The van der Waals surface area contributed by atoms with Gasteiger partial charge in [0.25, 0.3) is 5.69 Å². The van der Waals surface area contributed by atoms with E-state index in [9.17, 15) is 20.0 Å². The summed E-state index contributed by atoms with van der Waals surface area (Å²) in [4.78, 5) is 23.6. The molecule has 2 aromatic carbocycles. The van der Waals surface area contributed by atoms with E-state index in [-0.39, 0.29) is 17.0 Å². The number of nitro groups is 1. The highest BCUT2D eigenvalue weighted by molar-refractivity contribution is 6.02. The van der Waals surface area contributed by atoms with Crippen molar-refractivity contribution >= 4 is 11.7 Å². The third-order valence-electron chi connectivity index (χ3n) is 5.08. The van der Waals surface area contributed by atoms with Crippen LogP contribution >= 0.6 is 0 Å². The van der Waals surface area contributed by atoms with Gasteiger partial charge in [0.1, 0.15) is 11.3 Å². The van der Waals surface area contributed by atoms with Crippen molar-refractivity contribution in [3.63, 3.8) is 0 Å². The Kier molecular flexibility index (Phi) is 8.19. The highest BCUT2D eigenvalue weighted by atomic mass is 16.6. The standard InChI is InChI=1S/C23H29NO5/c1-4-6-7-8-12-16-15-19(18-13-9-10-14-20(18)24(27)28)21(23(26)29-3)22(25)17(16)11-5-2/h9-10,13-15,25H,4-8,11-12H2,1-3H3. The first-order valence-corrected chi connectivity index (χ1v) is 10.2. The zero-order chi connectivity index (χ0) is 21.4. The van der Waals surface area contributed by atoms with Crippen LogP contribution in [-0.4, -0.2) is 23.1 Å². The number of benzene rings is 2. The van der Waals surface area contributed by atoms with Gasteiger partial charge in [0.15, 0.2) is 0 Å². The number of methoxy groups -OCH3 is 1. The monoisotopic (exact) mass is 399 g/mol. The third-order valence-corrected chi connectivity index (χ3v) is 5.08. The van der Waals surface area contributed by atoms with Crippen LogP contribution in [-0.2, 0) is 17.6 Å². The average Bonchev–Trinajstić information content (AvgIpc) is 2.72. The maximum atomic E-state index is 12.5. The van der Waals surface area contributed by atoms with E-state index in [1.54, 1.807) is 18.2 Å². The molecule has 1 N–H and O–H groups in total. The minimum absolute atomic E-state index is 0.0115. The molecular weight excluding hydrogens is 370 g/mol. The molecular formula is C23H29NO5. The molecule has 0 heterocycles. The van der Waals surface area contributed by atoms with Crippen LogP contribution in [0.5, 0.6) is 5.75 Å². The molecule has 2 rings (SSSR count). The molecule has 0 amide bonds. The predicted molar refractivity (Wildman–Crippen MR) is 113 cm³/mol. The van der Waals surface area contributed by atoms with E-state index in [0.29, 0.717) is 17.5 Å². The number of unbranched alkanes of at least 4 members (excludes halogenated alkanes) is 3. The van der Waals surface area contributed by atoms with Crippen molar-refractivity contribution in [1.29, 1.82) is 0 Å². The number of aromatic hydroxyl groups is 1. The van der Waals surface area contributed by atoms with Crippen LogP contribution in [0, 0.1) is 10.1 Å². The number of aryl methyl sites for hydroxylation is 1. The molecule has 0 aromatic heterocycles. The summed E-state index contributed by atoms with van der Waals surface area (Å²) in [5.74, 6) is -0.828. The summed E-state index contributed by atoms with van der Waals surface area (Å²) in [5, 5.41) is 22.6. The number of hydrogen-bond acceptors (Lipinski definition) is 5. The lowest BCUT2D eigenvalue weighted by atomic mass is 9.88. The number of carbonyl (C=O) groups is 1. The topological polar surface area (TPSA) is 89.7 Å². The highest BCUT2D eigenvalue weighted by Crippen LogP contribution is 2.40. The van der Waals surface area contributed by atoms with Gasteiger partial charge in [-0.05, 0) is 42.5 Å². The van der Waals surface area contributed by atoms with Crippen LogP contribution in [0.1, 0.15) is 67.4 Å². The molecule has 0 saturated heterocycles. The fourth-order valence-electron chi connectivity index (χ4n) is 3.64. The number of esters is 1. The molecule has 0 fully saturated rings. The second-order valence-electron chi connectivity index (χ2n) is 7.11. The molecule has 0 saturated carbocycles. The number of hydrogen-bond donors (Lipinski definition) is 1. The van der Waals surface area contributed by atoms with E-state index in [0.717, 1.165) is 49.7 Å². The van der Waals surface area contributed by atoms with Gasteiger partial charge in [-0.2, -0.15) is 0 Å². The fraction of sp³-hybridized carbons (Fsp3) is 0.435. The predicted octanol–water partition coefficient (Wildman–Crippen LogP) is 5.83. The number of carbonyl (C=O) groups excluding carboxylic acids is 1.